The van der Waals surface area contributed by atoms with E-state index in [1.807, 2.05) is 19.1 Å². The maximum absolute atomic E-state index is 12.6. The third-order valence-electron chi connectivity index (χ3n) is 5.03. The molecule has 1 atom stereocenters. The molecule has 0 saturated carbocycles. The molecular formula is C23H25N3O7S. The summed E-state index contributed by atoms with van der Waals surface area (Å²) in [5.41, 5.74) is 2.12. The zero-order valence-corrected chi connectivity index (χ0v) is 19.9. The van der Waals surface area contributed by atoms with Crippen LogP contribution < -0.4 is 10.0 Å². The van der Waals surface area contributed by atoms with Gasteiger partial charge in [-0.1, -0.05) is 35.0 Å². The number of methoxy groups -OCH3 is 2. The third-order valence-corrected chi connectivity index (χ3v) is 6.40. The molecule has 0 saturated heterocycles. The fraction of sp³-hybridized carbons (Fsp3) is 0.261. The molecule has 0 bridgehead atoms. The van der Waals surface area contributed by atoms with Crippen molar-refractivity contribution in [2.24, 2.45) is 5.92 Å². The largest absolute Gasteiger partial charge is 0.468 e. The number of carbonyl (C=O) groups excluding carboxylic acids is 2. The topological polar surface area (TPSA) is 137 Å². The monoisotopic (exact) mass is 487 g/mol. The summed E-state index contributed by atoms with van der Waals surface area (Å²) in [5, 5.41) is 6.76. The van der Waals surface area contributed by atoms with E-state index in [9.17, 15) is 18.0 Å². The van der Waals surface area contributed by atoms with Gasteiger partial charge in [0.05, 0.1) is 25.2 Å². The predicted octanol–water partition coefficient (Wildman–Crippen LogP) is 3.21. The average molecular weight is 488 g/mol. The van der Waals surface area contributed by atoms with Crippen LogP contribution in [0.1, 0.15) is 22.9 Å². The number of rotatable bonds is 9. The molecule has 3 rings (SSSR count). The van der Waals surface area contributed by atoms with Gasteiger partial charge in [0, 0.05) is 11.8 Å². The number of aryl methyl sites for hydroxylation is 2. The summed E-state index contributed by atoms with van der Waals surface area (Å²) in [6, 6.07) is 13.7. The summed E-state index contributed by atoms with van der Waals surface area (Å²) in [6.07, 6.45) is 0. The smallest absolute Gasteiger partial charge is 0.322 e. The molecule has 0 aliphatic carbocycles. The maximum atomic E-state index is 12.6. The molecule has 10 nitrogen and oxygen atoms in total. The van der Waals surface area contributed by atoms with Crippen molar-refractivity contribution in [2.45, 2.75) is 24.8 Å². The first kappa shape index (κ1) is 24.8. The summed E-state index contributed by atoms with van der Waals surface area (Å²) in [4.78, 5) is 25.0. The molecule has 0 amide bonds. The third kappa shape index (κ3) is 5.73. The van der Waals surface area contributed by atoms with Crippen molar-refractivity contribution in [1.82, 2.24) is 5.16 Å². The Bertz CT molecular complexity index is 1240. The van der Waals surface area contributed by atoms with Crippen LogP contribution in [0.5, 0.6) is 0 Å². The van der Waals surface area contributed by atoms with Gasteiger partial charge in [-0.3, -0.25) is 14.3 Å². The number of nitrogens with zero attached hydrogens (tertiary/aromatic N) is 1. The Morgan fingerprint density at radius 1 is 0.941 bits per heavy atom. The van der Waals surface area contributed by atoms with Gasteiger partial charge in [-0.2, -0.15) is 0 Å². The van der Waals surface area contributed by atoms with Crippen molar-refractivity contribution < 1.29 is 32.0 Å². The number of carbonyl (C=O) groups is 2. The van der Waals surface area contributed by atoms with Crippen molar-refractivity contribution in [3.8, 4) is 0 Å². The van der Waals surface area contributed by atoms with Crippen LogP contribution in [0.15, 0.2) is 64.0 Å². The fourth-order valence-electron chi connectivity index (χ4n) is 3.28. The molecule has 2 aromatic carbocycles. The Balaban J connectivity index is 1.90. The highest BCUT2D eigenvalue weighted by Crippen LogP contribution is 2.30. The molecule has 3 aromatic rings. The minimum absolute atomic E-state index is 0.0110. The molecule has 0 radical (unpaired) electrons. The highest BCUT2D eigenvalue weighted by atomic mass is 32.2. The van der Waals surface area contributed by atoms with E-state index < -0.39 is 33.9 Å². The Morgan fingerprint density at radius 2 is 1.53 bits per heavy atom. The van der Waals surface area contributed by atoms with Gasteiger partial charge in [0.1, 0.15) is 5.76 Å². The van der Waals surface area contributed by atoms with E-state index in [0.717, 1.165) is 5.56 Å². The zero-order valence-electron chi connectivity index (χ0n) is 19.1. The van der Waals surface area contributed by atoms with Crippen LogP contribution in [0, 0.1) is 19.8 Å². The SMILES string of the molecule is COC(=O)C(C(=O)OC)C(Nc1ccc(S(=O)(=O)Nc2cc(C)on2)cc1)c1ccc(C)cc1. The second kappa shape index (κ2) is 10.4. The van der Waals surface area contributed by atoms with Crippen LogP contribution in [0.25, 0.3) is 0 Å². The van der Waals surface area contributed by atoms with Crippen molar-refractivity contribution in [3.63, 3.8) is 0 Å². The molecule has 0 fully saturated rings. The van der Waals surface area contributed by atoms with Gasteiger partial charge < -0.3 is 19.3 Å². The summed E-state index contributed by atoms with van der Waals surface area (Å²) in [7, 11) is -1.53. The first-order chi connectivity index (χ1) is 16.1. The van der Waals surface area contributed by atoms with Crippen LogP contribution in [-0.2, 0) is 29.1 Å². The van der Waals surface area contributed by atoms with Crippen LogP contribution in [0.3, 0.4) is 0 Å². The van der Waals surface area contributed by atoms with Gasteiger partial charge in [0.15, 0.2) is 11.7 Å². The van der Waals surface area contributed by atoms with Crippen LogP contribution >= 0.6 is 0 Å². The number of esters is 2. The van der Waals surface area contributed by atoms with Gasteiger partial charge in [-0.05, 0) is 43.7 Å². The summed E-state index contributed by atoms with van der Waals surface area (Å²) in [6.45, 7) is 3.56. The van der Waals surface area contributed by atoms with Crippen molar-refractivity contribution >= 4 is 33.5 Å². The predicted molar refractivity (Wildman–Crippen MR) is 124 cm³/mol. The molecule has 1 aromatic heterocycles. The van der Waals surface area contributed by atoms with Crippen LogP contribution in [0.2, 0.25) is 0 Å². The second-order valence-electron chi connectivity index (χ2n) is 7.51. The number of aromatic nitrogens is 1. The Labute approximate surface area is 197 Å². The molecule has 2 N–H and O–H groups in total. The molecule has 11 heteroatoms. The lowest BCUT2D eigenvalue weighted by molar-refractivity contribution is -0.159. The second-order valence-corrected chi connectivity index (χ2v) is 9.19. The normalized spacial score (nSPS) is 12.1. The van der Waals surface area contributed by atoms with E-state index in [0.29, 0.717) is 17.0 Å². The highest BCUT2D eigenvalue weighted by Gasteiger charge is 2.38. The number of hydrogen-bond acceptors (Lipinski definition) is 9. The molecular weight excluding hydrogens is 462 g/mol. The Kier molecular flexibility index (Phi) is 7.57. The van der Waals surface area contributed by atoms with Gasteiger partial charge >= 0.3 is 11.9 Å². The molecule has 1 unspecified atom stereocenters. The quantitative estimate of drug-likeness (QED) is 0.344. The minimum atomic E-state index is -3.90. The van der Waals surface area contributed by atoms with E-state index >= 15 is 0 Å². The molecule has 0 spiro atoms. The van der Waals surface area contributed by atoms with Crippen molar-refractivity contribution in [2.75, 3.05) is 24.3 Å². The number of sulfonamides is 1. The molecule has 0 aliphatic heterocycles. The van der Waals surface area contributed by atoms with Crippen LogP contribution in [-0.4, -0.2) is 39.7 Å². The molecule has 180 valence electrons. The van der Waals surface area contributed by atoms with E-state index in [1.165, 1.54) is 44.6 Å². The van der Waals surface area contributed by atoms with Crippen molar-refractivity contribution in [3.05, 3.63) is 71.5 Å². The fourth-order valence-corrected chi connectivity index (χ4v) is 4.26. The number of anilines is 2. The van der Waals surface area contributed by atoms with Crippen LogP contribution in [0.4, 0.5) is 11.5 Å². The zero-order chi connectivity index (χ0) is 24.9. The first-order valence-electron chi connectivity index (χ1n) is 10.2. The number of hydrogen-bond donors (Lipinski definition) is 2. The van der Waals surface area contributed by atoms with E-state index in [1.54, 1.807) is 19.1 Å². The average Bonchev–Trinajstić information content (AvgIpc) is 3.22. The lowest BCUT2D eigenvalue weighted by atomic mass is 9.92. The highest BCUT2D eigenvalue weighted by molar-refractivity contribution is 7.92. The molecule has 34 heavy (non-hydrogen) atoms. The van der Waals surface area contributed by atoms with E-state index in [-0.39, 0.29) is 10.7 Å². The Hall–Kier alpha value is -3.86. The summed E-state index contributed by atoms with van der Waals surface area (Å²) in [5.74, 6) is -2.30. The van der Waals surface area contributed by atoms with E-state index in [2.05, 4.69) is 15.2 Å². The van der Waals surface area contributed by atoms with Gasteiger partial charge in [0.2, 0.25) is 0 Å². The lowest BCUT2D eigenvalue weighted by Crippen LogP contribution is -2.35. The minimum Gasteiger partial charge on any atom is -0.468 e. The number of ether oxygens (including phenoxy) is 2. The van der Waals surface area contributed by atoms with Crippen molar-refractivity contribution in [1.29, 1.82) is 0 Å². The Morgan fingerprint density at radius 3 is 2.03 bits per heavy atom. The maximum Gasteiger partial charge on any atom is 0.322 e. The molecule has 1 heterocycles. The summed E-state index contributed by atoms with van der Waals surface area (Å²) < 4.78 is 42.1. The number of benzene rings is 2. The summed E-state index contributed by atoms with van der Waals surface area (Å²) >= 11 is 0. The first-order valence-corrected chi connectivity index (χ1v) is 11.7. The van der Waals surface area contributed by atoms with Gasteiger partial charge in [0.25, 0.3) is 10.0 Å². The standard InChI is InChI=1S/C23H25N3O7S/c1-14-5-7-16(8-6-14)21(20(22(27)31-3)23(28)32-4)24-17-9-11-18(12-10-17)34(29,30)26-19-13-15(2)33-25-19/h5-13,20-21,24H,1-4H3,(H,25,26). The van der Waals surface area contributed by atoms with Gasteiger partial charge in [-0.15, -0.1) is 0 Å². The lowest BCUT2D eigenvalue weighted by Gasteiger charge is -2.26. The van der Waals surface area contributed by atoms with Gasteiger partial charge in [-0.25, -0.2) is 8.42 Å². The van der Waals surface area contributed by atoms with E-state index in [4.69, 9.17) is 14.0 Å². The molecule has 0 aliphatic rings. The number of nitrogens with one attached hydrogen (secondary N) is 2.